The third-order valence-electron chi connectivity index (χ3n) is 3.72. The van der Waals surface area contributed by atoms with Crippen molar-refractivity contribution in [3.63, 3.8) is 0 Å². The predicted octanol–water partition coefficient (Wildman–Crippen LogP) is 3.08. The fourth-order valence-electron chi connectivity index (χ4n) is 2.35. The summed E-state index contributed by atoms with van der Waals surface area (Å²) in [7, 11) is 0. The van der Waals surface area contributed by atoms with Gasteiger partial charge in [-0.3, -0.25) is 0 Å². The van der Waals surface area contributed by atoms with E-state index in [0.717, 1.165) is 6.07 Å². The molecular formula is C18H23F2N3O2. The van der Waals surface area contributed by atoms with Gasteiger partial charge in [-0.15, -0.1) is 0 Å². The first-order chi connectivity index (χ1) is 11.8. The molecule has 7 heteroatoms. The zero-order chi connectivity index (χ0) is 18.4. The van der Waals surface area contributed by atoms with Gasteiger partial charge < -0.3 is 20.2 Å². The summed E-state index contributed by atoms with van der Waals surface area (Å²) < 4.78 is 32.2. The SMILES string of the molecule is CCNC(=NCC(C)(O)c1ccco1)NC(C)c1ccc(F)cc1F. The second-order valence-electron chi connectivity index (χ2n) is 5.98. The smallest absolute Gasteiger partial charge is 0.191 e. The van der Waals surface area contributed by atoms with E-state index in [4.69, 9.17) is 4.42 Å². The van der Waals surface area contributed by atoms with Crippen LogP contribution in [0.3, 0.4) is 0 Å². The number of nitrogens with one attached hydrogen (secondary N) is 2. The third-order valence-corrected chi connectivity index (χ3v) is 3.72. The van der Waals surface area contributed by atoms with Gasteiger partial charge in [0.1, 0.15) is 23.0 Å². The molecule has 2 unspecified atom stereocenters. The van der Waals surface area contributed by atoms with Crippen LogP contribution >= 0.6 is 0 Å². The lowest BCUT2D eigenvalue weighted by Crippen LogP contribution is -2.40. The topological polar surface area (TPSA) is 69.8 Å². The molecule has 2 atom stereocenters. The molecule has 0 fully saturated rings. The highest BCUT2D eigenvalue weighted by Gasteiger charge is 2.26. The first kappa shape index (κ1) is 18.9. The molecule has 0 aliphatic heterocycles. The van der Waals surface area contributed by atoms with Gasteiger partial charge in [0, 0.05) is 18.2 Å². The molecule has 3 N–H and O–H groups in total. The Hall–Kier alpha value is -2.41. The van der Waals surface area contributed by atoms with Crippen molar-refractivity contribution in [2.24, 2.45) is 4.99 Å². The number of guanidine groups is 1. The van der Waals surface area contributed by atoms with E-state index in [-0.39, 0.29) is 6.54 Å². The fourth-order valence-corrected chi connectivity index (χ4v) is 2.35. The van der Waals surface area contributed by atoms with E-state index >= 15 is 0 Å². The van der Waals surface area contributed by atoms with E-state index in [1.54, 1.807) is 26.0 Å². The Balaban J connectivity index is 2.11. The molecule has 0 aliphatic carbocycles. The number of rotatable bonds is 6. The minimum absolute atomic E-state index is 0.0501. The van der Waals surface area contributed by atoms with Crippen LogP contribution in [-0.2, 0) is 5.60 Å². The van der Waals surface area contributed by atoms with Crippen molar-refractivity contribution in [3.8, 4) is 0 Å². The van der Waals surface area contributed by atoms with Crippen molar-refractivity contribution in [1.29, 1.82) is 0 Å². The number of hydrogen-bond donors (Lipinski definition) is 3. The molecule has 2 rings (SSSR count). The Morgan fingerprint density at radius 1 is 1.36 bits per heavy atom. The molecule has 0 saturated heterocycles. The monoisotopic (exact) mass is 351 g/mol. The summed E-state index contributed by atoms with van der Waals surface area (Å²) in [6, 6.07) is 6.38. The lowest BCUT2D eigenvalue weighted by atomic mass is 10.0. The Labute approximate surface area is 145 Å². The molecule has 0 bridgehead atoms. The molecule has 136 valence electrons. The molecule has 0 radical (unpaired) electrons. The Morgan fingerprint density at radius 3 is 2.72 bits per heavy atom. The standard InChI is InChI=1S/C18H23F2N3O2/c1-4-21-17(22-11-18(3,24)16-6-5-9-25-16)23-12(2)14-8-7-13(19)10-15(14)20/h5-10,12,24H,4,11H2,1-3H3,(H2,21,22,23). The van der Waals surface area contributed by atoms with Crippen molar-refractivity contribution in [1.82, 2.24) is 10.6 Å². The van der Waals surface area contributed by atoms with Crippen molar-refractivity contribution in [2.45, 2.75) is 32.4 Å². The van der Waals surface area contributed by atoms with Crippen molar-refractivity contribution < 1.29 is 18.3 Å². The van der Waals surface area contributed by atoms with Gasteiger partial charge in [0.15, 0.2) is 5.96 Å². The summed E-state index contributed by atoms with van der Waals surface area (Å²) in [5.41, 5.74) is -0.944. The van der Waals surface area contributed by atoms with E-state index in [0.29, 0.717) is 23.8 Å². The summed E-state index contributed by atoms with van der Waals surface area (Å²) in [6.07, 6.45) is 1.48. The number of aliphatic hydroxyl groups is 1. The zero-order valence-corrected chi connectivity index (χ0v) is 14.5. The van der Waals surface area contributed by atoms with Crippen LogP contribution in [0.5, 0.6) is 0 Å². The zero-order valence-electron chi connectivity index (χ0n) is 14.5. The Morgan fingerprint density at radius 2 is 2.12 bits per heavy atom. The van der Waals surface area contributed by atoms with Gasteiger partial charge in [0.05, 0.1) is 18.8 Å². The van der Waals surface area contributed by atoms with E-state index in [1.165, 1.54) is 18.4 Å². The molecule has 2 aromatic rings. The Kier molecular flexibility index (Phi) is 6.14. The molecule has 0 amide bonds. The van der Waals surface area contributed by atoms with Crippen LogP contribution in [0.25, 0.3) is 0 Å². The molecule has 1 aromatic heterocycles. The average Bonchev–Trinajstić information content (AvgIpc) is 3.08. The molecule has 0 saturated carbocycles. The predicted molar refractivity (Wildman–Crippen MR) is 92.2 cm³/mol. The van der Waals surface area contributed by atoms with E-state index in [2.05, 4.69) is 15.6 Å². The van der Waals surface area contributed by atoms with Gasteiger partial charge >= 0.3 is 0 Å². The minimum atomic E-state index is -1.27. The summed E-state index contributed by atoms with van der Waals surface area (Å²) in [5, 5.41) is 16.5. The molecule has 25 heavy (non-hydrogen) atoms. The van der Waals surface area contributed by atoms with Crippen LogP contribution in [0.15, 0.2) is 46.0 Å². The highest BCUT2D eigenvalue weighted by atomic mass is 19.1. The number of benzene rings is 1. The minimum Gasteiger partial charge on any atom is -0.466 e. The van der Waals surface area contributed by atoms with Crippen LogP contribution in [0.4, 0.5) is 8.78 Å². The highest BCUT2D eigenvalue weighted by molar-refractivity contribution is 5.80. The van der Waals surface area contributed by atoms with Crippen LogP contribution in [0, 0.1) is 11.6 Å². The molecule has 0 aliphatic rings. The summed E-state index contributed by atoms with van der Waals surface area (Å²) >= 11 is 0. The van der Waals surface area contributed by atoms with Crippen LogP contribution in [-0.4, -0.2) is 24.2 Å². The van der Waals surface area contributed by atoms with E-state index in [9.17, 15) is 13.9 Å². The summed E-state index contributed by atoms with van der Waals surface area (Å²) in [4.78, 5) is 4.34. The van der Waals surface area contributed by atoms with Gasteiger partial charge in [-0.25, -0.2) is 13.8 Å². The number of aliphatic imine (C=N–C) groups is 1. The maximum atomic E-state index is 13.9. The lowest BCUT2D eigenvalue weighted by molar-refractivity contribution is 0.0436. The molecule has 0 spiro atoms. The number of nitrogens with zero attached hydrogens (tertiary/aromatic N) is 1. The van der Waals surface area contributed by atoms with Gasteiger partial charge in [-0.05, 0) is 39.0 Å². The normalized spacial score (nSPS) is 15.5. The van der Waals surface area contributed by atoms with Gasteiger partial charge in [0.25, 0.3) is 0 Å². The van der Waals surface area contributed by atoms with Crippen molar-refractivity contribution >= 4 is 5.96 Å². The largest absolute Gasteiger partial charge is 0.466 e. The molecule has 1 heterocycles. The Bertz CT molecular complexity index is 715. The summed E-state index contributed by atoms with van der Waals surface area (Å²) in [6.45, 7) is 5.88. The first-order valence-corrected chi connectivity index (χ1v) is 8.09. The van der Waals surface area contributed by atoms with E-state index < -0.39 is 23.3 Å². The fraction of sp³-hybridized carbons (Fsp3) is 0.389. The number of hydrogen-bond acceptors (Lipinski definition) is 3. The van der Waals surface area contributed by atoms with Gasteiger partial charge in [0.2, 0.25) is 0 Å². The average molecular weight is 351 g/mol. The second-order valence-corrected chi connectivity index (χ2v) is 5.98. The molecule has 1 aromatic carbocycles. The number of furan rings is 1. The first-order valence-electron chi connectivity index (χ1n) is 8.09. The molecular weight excluding hydrogens is 328 g/mol. The highest BCUT2D eigenvalue weighted by Crippen LogP contribution is 2.21. The lowest BCUT2D eigenvalue weighted by Gasteiger charge is -2.22. The van der Waals surface area contributed by atoms with Gasteiger partial charge in [-0.2, -0.15) is 0 Å². The summed E-state index contributed by atoms with van der Waals surface area (Å²) in [5.74, 6) is -0.433. The van der Waals surface area contributed by atoms with Crippen molar-refractivity contribution in [2.75, 3.05) is 13.1 Å². The quantitative estimate of drug-likeness (QED) is 0.553. The van der Waals surface area contributed by atoms with Crippen molar-refractivity contribution in [3.05, 3.63) is 59.6 Å². The van der Waals surface area contributed by atoms with Crippen LogP contribution < -0.4 is 10.6 Å². The maximum Gasteiger partial charge on any atom is 0.191 e. The second kappa shape index (κ2) is 8.11. The van der Waals surface area contributed by atoms with Gasteiger partial charge in [-0.1, -0.05) is 6.07 Å². The van der Waals surface area contributed by atoms with Crippen LogP contribution in [0.2, 0.25) is 0 Å². The number of halogens is 2. The third kappa shape index (κ3) is 5.03. The van der Waals surface area contributed by atoms with E-state index in [1.807, 2.05) is 6.92 Å². The maximum absolute atomic E-state index is 13.9. The molecule has 5 nitrogen and oxygen atoms in total. The van der Waals surface area contributed by atoms with Crippen LogP contribution in [0.1, 0.15) is 38.1 Å².